The Hall–Kier alpha value is -2.33. The van der Waals surface area contributed by atoms with E-state index in [-0.39, 0.29) is 16.1 Å². The standard InChI is InChI=1S/C18H17ClO4/c1-3-22-15-10-9-12(11-16(15)23-4-2)17(20)18(21)13-7-5-6-8-14(13)19/h5-11H,3-4H2,1-2H3. The quantitative estimate of drug-likeness (QED) is 0.563. The predicted octanol–water partition coefficient (Wildman–Crippen LogP) is 4.20. The molecule has 0 aliphatic heterocycles. The molecule has 2 aromatic carbocycles. The van der Waals surface area contributed by atoms with E-state index in [1.165, 1.54) is 12.1 Å². The number of benzene rings is 2. The first-order valence-corrected chi connectivity index (χ1v) is 7.69. The fourth-order valence-electron chi connectivity index (χ4n) is 2.09. The number of ether oxygens (including phenoxy) is 2. The van der Waals surface area contributed by atoms with Gasteiger partial charge in [-0.05, 0) is 44.2 Å². The van der Waals surface area contributed by atoms with Crippen molar-refractivity contribution in [2.75, 3.05) is 13.2 Å². The van der Waals surface area contributed by atoms with Gasteiger partial charge in [-0.3, -0.25) is 9.59 Å². The van der Waals surface area contributed by atoms with E-state index in [4.69, 9.17) is 21.1 Å². The summed E-state index contributed by atoms with van der Waals surface area (Å²) in [5.41, 5.74) is 0.424. The highest BCUT2D eigenvalue weighted by Gasteiger charge is 2.21. The van der Waals surface area contributed by atoms with Crippen LogP contribution >= 0.6 is 11.6 Å². The molecule has 0 N–H and O–H groups in total. The molecule has 0 fully saturated rings. The third-order valence-electron chi connectivity index (χ3n) is 3.13. The molecule has 0 heterocycles. The number of hydrogen-bond donors (Lipinski definition) is 0. The molecular weight excluding hydrogens is 316 g/mol. The molecule has 2 rings (SSSR count). The molecule has 0 spiro atoms. The number of rotatable bonds is 7. The van der Waals surface area contributed by atoms with Gasteiger partial charge in [0.1, 0.15) is 0 Å². The van der Waals surface area contributed by atoms with Gasteiger partial charge < -0.3 is 9.47 Å². The highest BCUT2D eigenvalue weighted by atomic mass is 35.5. The Morgan fingerprint density at radius 3 is 2.22 bits per heavy atom. The molecule has 0 atom stereocenters. The Kier molecular flexibility index (Phi) is 5.77. The summed E-state index contributed by atoms with van der Waals surface area (Å²) in [7, 11) is 0. The first-order valence-electron chi connectivity index (χ1n) is 7.31. The van der Waals surface area contributed by atoms with Crippen molar-refractivity contribution in [3.63, 3.8) is 0 Å². The minimum atomic E-state index is -0.651. The third-order valence-corrected chi connectivity index (χ3v) is 3.46. The molecule has 0 bridgehead atoms. The summed E-state index contributed by atoms with van der Waals surface area (Å²) in [6.45, 7) is 4.59. The molecule has 0 radical (unpaired) electrons. The zero-order valence-corrected chi connectivity index (χ0v) is 13.7. The van der Waals surface area contributed by atoms with Crippen molar-refractivity contribution < 1.29 is 19.1 Å². The molecule has 0 amide bonds. The van der Waals surface area contributed by atoms with E-state index in [9.17, 15) is 9.59 Å². The second-order valence-electron chi connectivity index (χ2n) is 4.67. The summed E-state index contributed by atoms with van der Waals surface area (Å²) in [5.74, 6) is -0.312. The van der Waals surface area contributed by atoms with E-state index in [0.717, 1.165) is 0 Å². The fraction of sp³-hybridized carbons (Fsp3) is 0.222. The molecule has 2 aromatic rings. The van der Waals surface area contributed by atoms with Crippen LogP contribution in [0.5, 0.6) is 11.5 Å². The molecular formula is C18H17ClO4. The van der Waals surface area contributed by atoms with Gasteiger partial charge in [0, 0.05) is 11.1 Å². The summed E-state index contributed by atoms with van der Waals surface area (Å²) in [6, 6.07) is 11.2. The predicted molar refractivity (Wildman–Crippen MR) is 88.9 cm³/mol. The topological polar surface area (TPSA) is 52.6 Å². The lowest BCUT2D eigenvalue weighted by Crippen LogP contribution is -2.15. The first kappa shape index (κ1) is 17.0. The van der Waals surface area contributed by atoms with Gasteiger partial charge in [-0.2, -0.15) is 0 Å². The number of ketones is 2. The van der Waals surface area contributed by atoms with Gasteiger partial charge in [-0.1, -0.05) is 23.7 Å². The van der Waals surface area contributed by atoms with Gasteiger partial charge in [-0.15, -0.1) is 0 Å². The lowest BCUT2D eigenvalue weighted by Gasteiger charge is -2.12. The van der Waals surface area contributed by atoms with E-state index >= 15 is 0 Å². The van der Waals surface area contributed by atoms with Crippen LogP contribution in [0.3, 0.4) is 0 Å². The third kappa shape index (κ3) is 3.90. The van der Waals surface area contributed by atoms with Crippen LogP contribution in [0.2, 0.25) is 5.02 Å². The molecule has 23 heavy (non-hydrogen) atoms. The molecule has 0 aromatic heterocycles. The van der Waals surface area contributed by atoms with Crippen LogP contribution in [0.25, 0.3) is 0 Å². The van der Waals surface area contributed by atoms with Crippen molar-refractivity contribution in [3.8, 4) is 11.5 Å². The monoisotopic (exact) mass is 332 g/mol. The van der Waals surface area contributed by atoms with Crippen molar-refractivity contribution in [2.45, 2.75) is 13.8 Å². The van der Waals surface area contributed by atoms with E-state index in [2.05, 4.69) is 0 Å². The molecule has 0 aliphatic rings. The molecule has 120 valence electrons. The van der Waals surface area contributed by atoms with Crippen molar-refractivity contribution in [3.05, 3.63) is 58.6 Å². The number of hydrogen-bond acceptors (Lipinski definition) is 4. The van der Waals surface area contributed by atoms with Crippen LogP contribution < -0.4 is 9.47 Å². The maximum absolute atomic E-state index is 12.4. The zero-order chi connectivity index (χ0) is 16.8. The molecule has 4 nitrogen and oxygen atoms in total. The number of Topliss-reactive ketones (excluding diaryl/α,β-unsaturated/α-hetero) is 2. The van der Waals surface area contributed by atoms with Crippen LogP contribution in [-0.4, -0.2) is 24.8 Å². The smallest absolute Gasteiger partial charge is 0.235 e. The van der Waals surface area contributed by atoms with Crippen molar-refractivity contribution >= 4 is 23.2 Å². The average molecular weight is 333 g/mol. The number of carbonyl (C=O) groups is 2. The van der Waals surface area contributed by atoms with Crippen molar-refractivity contribution in [1.82, 2.24) is 0 Å². The summed E-state index contributed by atoms with van der Waals surface area (Å²) < 4.78 is 10.9. The Labute approximate surface area is 140 Å². The Bertz CT molecular complexity index is 725. The van der Waals surface area contributed by atoms with E-state index in [1.807, 2.05) is 13.8 Å². The Morgan fingerprint density at radius 2 is 1.57 bits per heavy atom. The van der Waals surface area contributed by atoms with Crippen LogP contribution in [-0.2, 0) is 0 Å². The SMILES string of the molecule is CCOc1ccc(C(=O)C(=O)c2ccccc2Cl)cc1OCC. The number of carbonyl (C=O) groups excluding carboxylic acids is 2. The summed E-state index contributed by atoms with van der Waals surface area (Å²) in [6.07, 6.45) is 0. The molecule has 0 saturated heterocycles. The highest BCUT2D eigenvalue weighted by Crippen LogP contribution is 2.29. The molecule has 0 unspecified atom stereocenters. The second-order valence-corrected chi connectivity index (χ2v) is 5.07. The van der Waals surface area contributed by atoms with Gasteiger partial charge in [0.15, 0.2) is 11.5 Å². The fourth-order valence-corrected chi connectivity index (χ4v) is 2.31. The summed E-state index contributed by atoms with van der Waals surface area (Å²) >= 11 is 5.98. The Balaban J connectivity index is 2.34. The van der Waals surface area contributed by atoms with E-state index < -0.39 is 11.6 Å². The maximum atomic E-state index is 12.4. The van der Waals surface area contributed by atoms with Gasteiger partial charge in [0.05, 0.1) is 18.2 Å². The van der Waals surface area contributed by atoms with E-state index in [0.29, 0.717) is 24.7 Å². The summed E-state index contributed by atoms with van der Waals surface area (Å²) in [5, 5.41) is 0.252. The Morgan fingerprint density at radius 1 is 0.913 bits per heavy atom. The molecule has 0 saturated carbocycles. The summed E-state index contributed by atoms with van der Waals surface area (Å²) in [4.78, 5) is 24.8. The number of halogens is 1. The minimum absolute atomic E-state index is 0.186. The van der Waals surface area contributed by atoms with E-state index in [1.54, 1.807) is 30.3 Å². The van der Waals surface area contributed by atoms with Crippen LogP contribution in [0.15, 0.2) is 42.5 Å². The van der Waals surface area contributed by atoms with Gasteiger partial charge >= 0.3 is 0 Å². The van der Waals surface area contributed by atoms with Crippen molar-refractivity contribution in [2.24, 2.45) is 0 Å². The normalized spacial score (nSPS) is 10.2. The van der Waals surface area contributed by atoms with Gasteiger partial charge in [0.25, 0.3) is 0 Å². The first-order chi connectivity index (χ1) is 11.1. The average Bonchev–Trinajstić information content (AvgIpc) is 2.56. The molecule has 5 heteroatoms. The van der Waals surface area contributed by atoms with Gasteiger partial charge in [0.2, 0.25) is 11.6 Å². The van der Waals surface area contributed by atoms with Gasteiger partial charge in [-0.25, -0.2) is 0 Å². The largest absolute Gasteiger partial charge is 0.490 e. The maximum Gasteiger partial charge on any atom is 0.235 e. The minimum Gasteiger partial charge on any atom is -0.490 e. The van der Waals surface area contributed by atoms with Crippen LogP contribution in [0.1, 0.15) is 34.6 Å². The zero-order valence-electron chi connectivity index (χ0n) is 13.0. The van der Waals surface area contributed by atoms with Crippen molar-refractivity contribution in [1.29, 1.82) is 0 Å². The lowest BCUT2D eigenvalue weighted by atomic mass is 10.0. The highest BCUT2D eigenvalue weighted by molar-refractivity contribution is 6.51. The van der Waals surface area contributed by atoms with Crippen LogP contribution in [0.4, 0.5) is 0 Å². The lowest BCUT2D eigenvalue weighted by molar-refractivity contribution is 0.0816. The van der Waals surface area contributed by atoms with Crippen LogP contribution in [0, 0.1) is 0 Å². The molecule has 0 aliphatic carbocycles. The second kappa shape index (κ2) is 7.79.